The quantitative estimate of drug-likeness (QED) is 0.771. The summed E-state index contributed by atoms with van der Waals surface area (Å²) in [6, 6.07) is 8.14. The molecule has 16 heavy (non-hydrogen) atoms. The molecule has 0 bridgehead atoms. The average Bonchev–Trinajstić information content (AvgIpc) is 2.27. The molecule has 0 saturated heterocycles. The molecule has 1 aromatic rings. The standard InChI is InChI=1S/C13H18O3/c1-2-3-4-11-5-7-12(8-6-11)9-16-10-13(14)15/h5-8H,2-4,9-10H2,1H3,(H,14,15). The number of benzene rings is 1. The normalized spacial score (nSPS) is 10.3. The lowest BCUT2D eigenvalue weighted by molar-refractivity contribution is -0.142. The van der Waals surface area contributed by atoms with Gasteiger partial charge in [-0.1, -0.05) is 37.6 Å². The van der Waals surface area contributed by atoms with Crippen LogP contribution in [0.2, 0.25) is 0 Å². The Kier molecular flexibility index (Phi) is 5.57. The molecule has 0 aliphatic carbocycles. The maximum Gasteiger partial charge on any atom is 0.329 e. The number of carboxylic acid groups (broad SMARTS) is 1. The Morgan fingerprint density at radius 1 is 1.25 bits per heavy atom. The molecule has 1 rings (SSSR count). The molecule has 0 amide bonds. The minimum Gasteiger partial charge on any atom is -0.480 e. The molecule has 0 radical (unpaired) electrons. The van der Waals surface area contributed by atoms with Crippen LogP contribution in [0, 0.1) is 0 Å². The zero-order valence-corrected chi connectivity index (χ0v) is 9.61. The van der Waals surface area contributed by atoms with Crippen LogP contribution in [0.25, 0.3) is 0 Å². The van der Waals surface area contributed by atoms with E-state index in [9.17, 15) is 4.79 Å². The molecule has 1 N–H and O–H groups in total. The molecule has 3 nitrogen and oxygen atoms in total. The van der Waals surface area contributed by atoms with E-state index in [-0.39, 0.29) is 6.61 Å². The number of aliphatic carboxylic acids is 1. The third-order valence-corrected chi connectivity index (χ3v) is 2.34. The average molecular weight is 222 g/mol. The van der Waals surface area contributed by atoms with Crippen LogP contribution in [0.15, 0.2) is 24.3 Å². The van der Waals surface area contributed by atoms with E-state index in [1.165, 1.54) is 18.4 Å². The molecule has 0 spiro atoms. The van der Waals surface area contributed by atoms with Crippen molar-refractivity contribution >= 4 is 5.97 Å². The van der Waals surface area contributed by atoms with Crippen LogP contribution in [-0.4, -0.2) is 17.7 Å². The van der Waals surface area contributed by atoms with Gasteiger partial charge in [-0.2, -0.15) is 0 Å². The highest BCUT2D eigenvalue weighted by Crippen LogP contribution is 2.08. The smallest absolute Gasteiger partial charge is 0.329 e. The topological polar surface area (TPSA) is 46.5 Å². The monoisotopic (exact) mass is 222 g/mol. The molecule has 0 aliphatic heterocycles. The molecule has 0 aliphatic rings. The molecule has 0 unspecified atom stereocenters. The second-order valence-electron chi connectivity index (χ2n) is 3.81. The molecule has 0 aromatic heterocycles. The highest BCUT2D eigenvalue weighted by Gasteiger charge is 1.98. The van der Waals surface area contributed by atoms with Crippen molar-refractivity contribution in [2.75, 3.05) is 6.61 Å². The molecule has 0 heterocycles. The molecule has 0 fully saturated rings. The number of carbonyl (C=O) groups is 1. The number of hydrogen-bond acceptors (Lipinski definition) is 2. The van der Waals surface area contributed by atoms with E-state index < -0.39 is 5.97 Å². The number of aryl methyl sites for hydroxylation is 1. The van der Waals surface area contributed by atoms with Crippen LogP contribution < -0.4 is 0 Å². The molecule has 0 atom stereocenters. The van der Waals surface area contributed by atoms with Crippen LogP contribution in [0.3, 0.4) is 0 Å². The van der Waals surface area contributed by atoms with Gasteiger partial charge >= 0.3 is 5.97 Å². The Balaban J connectivity index is 2.36. The third-order valence-electron chi connectivity index (χ3n) is 2.34. The van der Waals surface area contributed by atoms with Gasteiger partial charge in [-0.3, -0.25) is 0 Å². The predicted molar refractivity (Wildman–Crippen MR) is 62.3 cm³/mol. The van der Waals surface area contributed by atoms with Crippen molar-refractivity contribution in [3.05, 3.63) is 35.4 Å². The third kappa shape index (κ3) is 4.94. The molecule has 88 valence electrons. The van der Waals surface area contributed by atoms with Crippen molar-refractivity contribution in [1.29, 1.82) is 0 Å². The van der Waals surface area contributed by atoms with Crippen LogP contribution in [0.4, 0.5) is 0 Å². The number of carboxylic acids is 1. The van der Waals surface area contributed by atoms with E-state index in [0.29, 0.717) is 6.61 Å². The largest absolute Gasteiger partial charge is 0.480 e. The van der Waals surface area contributed by atoms with Crippen LogP contribution in [0.5, 0.6) is 0 Å². The van der Waals surface area contributed by atoms with E-state index in [1.807, 2.05) is 12.1 Å². The summed E-state index contributed by atoms with van der Waals surface area (Å²) in [5, 5.41) is 8.41. The van der Waals surface area contributed by atoms with Crippen molar-refractivity contribution in [3.63, 3.8) is 0 Å². The molecule has 3 heteroatoms. The molecule has 1 aromatic carbocycles. The fraction of sp³-hybridized carbons (Fsp3) is 0.462. The van der Waals surface area contributed by atoms with Crippen molar-refractivity contribution in [2.45, 2.75) is 32.8 Å². The van der Waals surface area contributed by atoms with E-state index in [0.717, 1.165) is 12.0 Å². The summed E-state index contributed by atoms with van der Waals surface area (Å²) in [5.74, 6) is -0.931. The second-order valence-corrected chi connectivity index (χ2v) is 3.81. The summed E-state index contributed by atoms with van der Waals surface area (Å²) in [6.07, 6.45) is 3.51. The maximum absolute atomic E-state index is 10.2. The lowest BCUT2D eigenvalue weighted by Gasteiger charge is -2.04. The van der Waals surface area contributed by atoms with Gasteiger partial charge in [0.15, 0.2) is 0 Å². The van der Waals surface area contributed by atoms with Crippen LogP contribution >= 0.6 is 0 Å². The van der Waals surface area contributed by atoms with E-state index in [4.69, 9.17) is 9.84 Å². The van der Waals surface area contributed by atoms with Crippen molar-refractivity contribution in [2.24, 2.45) is 0 Å². The Labute approximate surface area is 96.1 Å². The summed E-state index contributed by atoms with van der Waals surface area (Å²) in [6.45, 7) is 2.30. The van der Waals surface area contributed by atoms with Gasteiger partial charge in [0.2, 0.25) is 0 Å². The van der Waals surface area contributed by atoms with Crippen molar-refractivity contribution in [1.82, 2.24) is 0 Å². The fourth-order valence-corrected chi connectivity index (χ4v) is 1.44. The lowest BCUT2D eigenvalue weighted by atomic mass is 10.1. The minimum atomic E-state index is -0.931. The zero-order chi connectivity index (χ0) is 11.8. The van der Waals surface area contributed by atoms with Gasteiger partial charge in [0, 0.05) is 0 Å². The zero-order valence-electron chi connectivity index (χ0n) is 9.61. The van der Waals surface area contributed by atoms with Crippen molar-refractivity contribution < 1.29 is 14.6 Å². The van der Waals surface area contributed by atoms with Gasteiger partial charge in [0.1, 0.15) is 6.61 Å². The first-order valence-corrected chi connectivity index (χ1v) is 5.59. The number of ether oxygens (including phenoxy) is 1. The van der Waals surface area contributed by atoms with Gasteiger partial charge in [-0.25, -0.2) is 4.79 Å². The SMILES string of the molecule is CCCCc1ccc(COCC(=O)O)cc1. The number of unbranched alkanes of at least 4 members (excludes halogenated alkanes) is 1. The Morgan fingerprint density at radius 2 is 1.88 bits per heavy atom. The van der Waals surface area contributed by atoms with E-state index >= 15 is 0 Å². The second kappa shape index (κ2) is 7.01. The Morgan fingerprint density at radius 3 is 2.44 bits per heavy atom. The summed E-state index contributed by atoms with van der Waals surface area (Å²) in [4.78, 5) is 10.2. The summed E-state index contributed by atoms with van der Waals surface area (Å²) in [5.41, 5.74) is 2.34. The fourth-order valence-electron chi connectivity index (χ4n) is 1.44. The van der Waals surface area contributed by atoms with E-state index in [1.54, 1.807) is 0 Å². The number of hydrogen-bond donors (Lipinski definition) is 1. The predicted octanol–water partition coefficient (Wildman–Crippen LogP) is 2.63. The molecule has 0 saturated carbocycles. The summed E-state index contributed by atoms with van der Waals surface area (Å²) in [7, 11) is 0. The first-order chi connectivity index (χ1) is 7.72. The van der Waals surface area contributed by atoms with Crippen LogP contribution in [0.1, 0.15) is 30.9 Å². The van der Waals surface area contributed by atoms with Crippen molar-refractivity contribution in [3.8, 4) is 0 Å². The van der Waals surface area contributed by atoms with Crippen LogP contribution in [-0.2, 0) is 22.6 Å². The van der Waals surface area contributed by atoms with Gasteiger partial charge in [0.25, 0.3) is 0 Å². The van der Waals surface area contributed by atoms with Gasteiger partial charge in [-0.15, -0.1) is 0 Å². The first-order valence-electron chi connectivity index (χ1n) is 5.59. The minimum absolute atomic E-state index is 0.239. The molecular weight excluding hydrogens is 204 g/mol. The first kappa shape index (κ1) is 12.7. The number of rotatable bonds is 7. The van der Waals surface area contributed by atoms with Gasteiger partial charge < -0.3 is 9.84 Å². The Bertz CT molecular complexity index is 316. The molecular formula is C13H18O3. The summed E-state index contributed by atoms with van der Waals surface area (Å²) >= 11 is 0. The summed E-state index contributed by atoms with van der Waals surface area (Å²) < 4.78 is 5.00. The van der Waals surface area contributed by atoms with Gasteiger partial charge in [-0.05, 0) is 24.0 Å². The highest BCUT2D eigenvalue weighted by atomic mass is 16.5. The van der Waals surface area contributed by atoms with Gasteiger partial charge in [0.05, 0.1) is 6.61 Å². The lowest BCUT2D eigenvalue weighted by Crippen LogP contribution is -2.06. The maximum atomic E-state index is 10.2. The van der Waals surface area contributed by atoms with E-state index in [2.05, 4.69) is 19.1 Å². The Hall–Kier alpha value is -1.35. The highest BCUT2D eigenvalue weighted by molar-refractivity contribution is 5.67.